The van der Waals surface area contributed by atoms with Gasteiger partial charge in [0.2, 0.25) is 0 Å². The Hall–Kier alpha value is -5.70. The topological polar surface area (TPSA) is 92.0 Å². The van der Waals surface area contributed by atoms with Gasteiger partial charge in [0.25, 0.3) is 0 Å². The molecule has 0 saturated heterocycles. The standard InChI is InChI=1S/C34H28N6O3/c1-23(24-15-17-27(41-2)18-16-24)38-43-21-29-36-34-31-30(25-10-5-3-6-11-25)32(26-12-7-4-8-13-26)39(20-28-14-9-19-42-28)33(31)35-22-40(34)37-29/h3-19,22H,20-21H2,1-2H3/b38-23+. The fourth-order valence-electron chi connectivity index (χ4n) is 5.31. The quantitative estimate of drug-likeness (QED) is 0.138. The maximum absolute atomic E-state index is 5.77. The van der Waals surface area contributed by atoms with Gasteiger partial charge in [-0.1, -0.05) is 65.8 Å². The maximum atomic E-state index is 5.77. The summed E-state index contributed by atoms with van der Waals surface area (Å²) in [6.07, 6.45) is 3.39. The molecular formula is C34H28N6O3. The number of hydrogen-bond acceptors (Lipinski definition) is 7. The molecule has 0 bridgehead atoms. The normalized spacial score (nSPS) is 11.8. The van der Waals surface area contributed by atoms with Crippen molar-refractivity contribution in [3.63, 3.8) is 0 Å². The summed E-state index contributed by atoms with van der Waals surface area (Å²) < 4.78 is 14.9. The van der Waals surface area contributed by atoms with Gasteiger partial charge >= 0.3 is 0 Å². The second-order valence-electron chi connectivity index (χ2n) is 10.0. The van der Waals surface area contributed by atoms with Crippen molar-refractivity contribution in [1.82, 2.24) is 24.1 Å². The smallest absolute Gasteiger partial charge is 0.192 e. The van der Waals surface area contributed by atoms with Crippen LogP contribution in [0.25, 0.3) is 39.1 Å². The summed E-state index contributed by atoms with van der Waals surface area (Å²) >= 11 is 0. The molecule has 7 aromatic rings. The van der Waals surface area contributed by atoms with Crippen LogP contribution in [0, 0.1) is 0 Å². The molecule has 0 aliphatic heterocycles. The lowest BCUT2D eigenvalue weighted by molar-refractivity contribution is 0.125. The summed E-state index contributed by atoms with van der Waals surface area (Å²) in [5.41, 5.74) is 7.33. The van der Waals surface area contributed by atoms with E-state index < -0.39 is 0 Å². The third-order valence-corrected chi connectivity index (χ3v) is 7.33. The number of oxime groups is 1. The van der Waals surface area contributed by atoms with Crippen LogP contribution in [0.3, 0.4) is 0 Å². The molecule has 0 atom stereocenters. The van der Waals surface area contributed by atoms with Gasteiger partial charge in [-0.2, -0.15) is 0 Å². The zero-order valence-electron chi connectivity index (χ0n) is 23.7. The molecule has 212 valence electrons. The van der Waals surface area contributed by atoms with E-state index in [4.69, 9.17) is 24.0 Å². The molecule has 3 aromatic carbocycles. The van der Waals surface area contributed by atoms with Crippen molar-refractivity contribution in [2.75, 3.05) is 7.11 Å². The van der Waals surface area contributed by atoms with Crippen molar-refractivity contribution in [1.29, 1.82) is 0 Å². The van der Waals surface area contributed by atoms with Gasteiger partial charge in [-0.25, -0.2) is 14.5 Å². The van der Waals surface area contributed by atoms with Crippen LogP contribution in [-0.4, -0.2) is 37.0 Å². The summed E-state index contributed by atoms with van der Waals surface area (Å²) in [4.78, 5) is 15.5. The van der Waals surface area contributed by atoms with E-state index in [2.05, 4.69) is 39.1 Å². The Kier molecular flexibility index (Phi) is 6.88. The molecule has 0 aliphatic rings. The Morgan fingerprint density at radius 3 is 2.30 bits per heavy atom. The number of benzene rings is 3. The highest BCUT2D eigenvalue weighted by Gasteiger charge is 2.25. The van der Waals surface area contributed by atoms with Crippen molar-refractivity contribution in [3.8, 4) is 28.1 Å². The Labute approximate surface area is 247 Å². The molecule has 0 spiro atoms. The van der Waals surface area contributed by atoms with Crippen LogP contribution in [0.15, 0.2) is 119 Å². The van der Waals surface area contributed by atoms with Crippen LogP contribution in [0.1, 0.15) is 24.1 Å². The maximum Gasteiger partial charge on any atom is 0.192 e. The van der Waals surface area contributed by atoms with Crippen molar-refractivity contribution in [2.45, 2.75) is 20.1 Å². The van der Waals surface area contributed by atoms with Gasteiger partial charge < -0.3 is 18.6 Å². The predicted molar refractivity (Wildman–Crippen MR) is 165 cm³/mol. The first-order valence-electron chi connectivity index (χ1n) is 13.9. The van der Waals surface area contributed by atoms with Gasteiger partial charge in [-0.3, -0.25) is 0 Å². The fourth-order valence-corrected chi connectivity index (χ4v) is 5.31. The first kappa shape index (κ1) is 26.2. The zero-order chi connectivity index (χ0) is 29.2. The largest absolute Gasteiger partial charge is 0.497 e. The van der Waals surface area contributed by atoms with Crippen LogP contribution >= 0.6 is 0 Å². The van der Waals surface area contributed by atoms with Gasteiger partial charge in [0, 0.05) is 5.56 Å². The third kappa shape index (κ3) is 5.01. The number of methoxy groups -OCH3 is 1. The highest BCUT2D eigenvalue weighted by atomic mass is 16.6. The minimum atomic E-state index is 0.107. The molecule has 0 unspecified atom stereocenters. The predicted octanol–water partition coefficient (Wildman–Crippen LogP) is 7.00. The van der Waals surface area contributed by atoms with Crippen molar-refractivity contribution in [2.24, 2.45) is 5.16 Å². The second kappa shape index (κ2) is 11.3. The van der Waals surface area contributed by atoms with E-state index in [9.17, 15) is 0 Å². The highest BCUT2D eigenvalue weighted by molar-refractivity contribution is 6.09. The number of aromatic nitrogens is 5. The lowest BCUT2D eigenvalue weighted by Crippen LogP contribution is -2.03. The minimum absolute atomic E-state index is 0.107. The monoisotopic (exact) mass is 568 g/mol. The van der Waals surface area contributed by atoms with E-state index in [1.165, 1.54) is 0 Å². The molecule has 0 saturated carbocycles. The third-order valence-electron chi connectivity index (χ3n) is 7.33. The summed E-state index contributed by atoms with van der Waals surface area (Å²) in [5, 5.41) is 9.88. The number of furan rings is 1. The number of ether oxygens (including phenoxy) is 1. The Morgan fingerprint density at radius 2 is 1.60 bits per heavy atom. The second-order valence-corrected chi connectivity index (χ2v) is 10.0. The number of hydrogen-bond donors (Lipinski definition) is 0. The molecule has 0 aliphatic carbocycles. The summed E-state index contributed by atoms with van der Waals surface area (Å²) in [5.74, 6) is 2.12. The van der Waals surface area contributed by atoms with Gasteiger partial charge in [0.15, 0.2) is 18.1 Å². The van der Waals surface area contributed by atoms with Crippen LogP contribution in [0.4, 0.5) is 0 Å². The number of fused-ring (bicyclic) bond motifs is 3. The van der Waals surface area contributed by atoms with Gasteiger partial charge in [-0.15, -0.1) is 5.10 Å². The highest BCUT2D eigenvalue weighted by Crippen LogP contribution is 2.42. The molecule has 9 heteroatoms. The molecule has 0 amide bonds. The average molecular weight is 569 g/mol. The zero-order valence-corrected chi connectivity index (χ0v) is 23.7. The lowest BCUT2D eigenvalue weighted by Gasteiger charge is -2.11. The van der Waals surface area contributed by atoms with Gasteiger partial charge in [0.1, 0.15) is 23.5 Å². The van der Waals surface area contributed by atoms with Crippen LogP contribution in [-0.2, 0) is 18.0 Å². The first-order valence-corrected chi connectivity index (χ1v) is 13.9. The Bertz CT molecular complexity index is 2030. The van der Waals surface area contributed by atoms with E-state index in [1.54, 1.807) is 24.2 Å². The van der Waals surface area contributed by atoms with Crippen molar-refractivity contribution < 1.29 is 14.0 Å². The van der Waals surface area contributed by atoms with E-state index in [-0.39, 0.29) is 6.61 Å². The molecule has 0 fully saturated rings. The first-order chi connectivity index (χ1) is 21.2. The Morgan fingerprint density at radius 1 is 0.860 bits per heavy atom. The van der Waals surface area contributed by atoms with E-state index in [1.807, 2.05) is 79.7 Å². The van der Waals surface area contributed by atoms with Crippen LogP contribution in [0.5, 0.6) is 5.75 Å². The molecule has 4 heterocycles. The van der Waals surface area contributed by atoms with Gasteiger partial charge in [0.05, 0.1) is 36.7 Å². The summed E-state index contributed by atoms with van der Waals surface area (Å²) in [6, 6.07) is 32.2. The Balaban J connectivity index is 1.35. The van der Waals surface area contributed by atoms with Crippen molar-refractivity contribution >= 4 is 22.4 Å². The summed E-state index contributed by atoms with van der Waals surface area (Å²) in [6.45, 7) is 2.51. The molecular weight excluding hydrogens is 540 g/mol. The molecule has 0 N–H and O–H groups in total. The lowest BCUT2D eigenvalue weighted by atomic mass is 9.99. The molecule has 7 rings (SSSR count). The molecule has 0 radical (unpaired) electrons. The fraction of sp³-hybridized carbons (Fsp3) is 0.118. The minimum Gasteiger partial charge on any atom is -0.497 e. The molecule has 9 nitrogen and oxygen atoms in total. The molecule has 43 heavy (non-hydrogen) atoms. The average Bonchev–Trinajstić information content (AvgIpc) is 3.80. The van der Waals surface area contributed by atoms with Gasteiger partial charge in [-0.05, 0) is 60.0 Å². The van der Waals surface area contributed by atoms with Crippen molar-refractivity contribution in [3.05, 3.63) is 127 Å². The number of nitrogens with zero attached hydrogens (tertiary/aromatic N) is 6. The SMILES string of the molecule is COc1ccc(/C(C)=N/OCc2nc3c4c(-c5ccccc5)c(-c5ccccc5)n(Cc5ccco5)c4ncn3n2)cc1. The number of rotatable bonds is 9. The van der Waals surface area contributed by atoms with E-state index >= 15 is 0 Å². The van der Waals surface area contributed by atoms with E-state index in [0.717, 1.165) is 56.2 Å². The van der Waals surface area contributed by atoms with Crippen LogP contribution in [0.2, 0.25) is 0 Å². The molecule has 4 aromatic heterocycles. The van der Waals surface area contributed by atoms with E-state index in [0.29, 0.717) is 18.0 Å². The van der Waals surface area contributed by atoms with Crippen LogP contribution < -0.4 is 4.74 Å². The summed E-state index contributed by atoms with van der Waals surface area (Å²) in [7, 11) is 1.64.